The molecule has 0 aliphatic heterocycles. The van der Waals surface area contributed by atoms with Crippen molar-refractivity contribution < 1.29 is 14.7 Å². The first-order valence-corrected chi connectivity index (χ1v) is 9.50. The Kier molecular flexibility index (Phi) is 6.08. The minimum absolute atomic E-state index is 0.0398. The van der Waals surface area contributed by atoms with Crippen molar-refractivity contribution in [3.8, 4) is 0 Å². The number of hydrogen-bond acceptors (Lipinski definition) is 3. The van der Waals surface area contributed by atoms with Crippen LogP contribution in [-0.4, -0.2) is 29.6 Å². The third-order valence-electron chi connectivity index (χ3n) is 5.32. The smallest absolute Gasteiger partial charge is 0.251 e. The van der Waals surface area contributed by atoms with Crippen LogP contribution in [0, 0.1) is 11.8 Å². The summed E-state index contributed by atoms with van der Waals surface area (Å²) in [5.74, 6) is 0.507. The number of benzene rings is 1. The van der Waals surface area contributed by atoms with Crippen molar-refractivity contribution >= 4 is 17.5 Å². The fraction of sp³-hybridized carbons (Fsp3) is 0.600. The number of anilines is 1. The molecule has 1 aromatic rings. The summed E-state index contributed by atoms with van der Waals surface area (Å²) in [6, 6.07) is 7.15. The Balaban J connectivity index is 1.60. The summed E-state index contributed by atoms with van der Waals surface area (Å²) in [6.07, 6.45) is 8.18. The van der Waals surface area contributed by atoms with Crippen LogP contribution in [0.2, 0.25) is 0 Å². The summed E-state index contributed by atoms with van der Waals surface area (Å²) < 4.78 is 0. The zero-order valence-corrected chi connectivity index (χ0v) is 14.7. The maximum atomic E-state index is 12.5. The molecule has 0 radical (unpaired) electrons. The van der Waals surface area contributed by atoms with Crippen molar-refractivity contribution in [2.24, 2.45) is 11.8 Å². The molecule has 2 saturated carbocycles. The molecule has 5 nitrogen and oxygen atoms in total. The summed E-state index contributed by atoms with van der Waals surface area (Å²) >= 11 is 0. The van der Waals surface area contributed by atoms with Crippen molar-refractivity contribution in [3.63, 3.8) is 0 Å². The predicted octanol–water partition coefficient (Wildman–Crippen LogP) is 3.10. The van der Waals surface area contributed by atoms with Crippen molar-refractivity contribution in [2.45, 2.75) is 57.4 Å². The lowest BCUT2D eigenvalue weighted by Gasteiger charge is -2.21. The van der Waals surface area contributed by atoms with E-state index in [1.165, 1.54) is 6.42 Å². The largest absolute Gasteiger partial charge is 0.396 e. The summed E-state index contributed by atoms with van der Waals surface area (Å²) in [4.78, 5) is 24.9. The third kappa shape index (κ3) is 5.05. The monoisotopic (exact) mass is 344 g/mol. The minimum Gasteiger partial charge on any atom is -0.396 e. The number of rotatable bonds is 7. The van der Waals surface area contributed by atoms with Crippen molar-refractivity contribution in [1.82, 2.24) is 5.32 Å². The second-order valence-electron chi connectivity index (χ2n) is 7.33. The van der Waals surface area contributed by atoms with Gasteiger partial charge in [-0.05, 0) is 56.2 Å². The molecular weight excluding hydrogens is 316 g/mol. The molecule has 0 bridgehead atoms. The van der Waals surface area contributed by atoms with Crippen LogP contribution in [0.1, 0.15) is 61.7 Å². The average molecular weight is 344 g/mol. The normalized spacial score (nSPS) is 19.2. The standard InChI is InChI=1S/C20H28N2O3/c23-12-11-18(14-9-10-14)22-20(25)16-7-4-8-17(13-16)21-19(24)15-5-2-1-3-6-15/h4,7-8,13-15,18,23H,1-3,5-6,9-12H2,(H,21,24)(H,22,25). The summed E-state index contributed by atoms with van der Waals surface area (Å²) in [6.45, 7) is 0.0823. The van der Waals surface area contributed by atoms with Gasteiger partial charge in [0, 0.05) is 29.8 Å². The Bertz CT molecular complexity index is 607. The van der Waals surface area contributed by atoms with E-state index in [-0.39, 0.29) is 30.4 Å². The van der Waals surface area contributed by atoms with E-state index >= 15 is 0 Å². The molecule has 2 aliphatic carbocycles. The highest BCUT2D eigenvalue weighted by atomic mass is 16.3. The number of nitrogens with one attached hydrogen (secondary N) is 2. The molecule has 2 fully saturated rings. The number of aliphatic hydroxyl groups excluding tert-OH is 1. The molecule has 5 heteroatoms. The lowest BCUT2D eigenvalue weighted by molar-refractivity contribution is -0.120. The number of carbonyl (C=O) groups excluding carboxylic acids is 2. The molecule has 2 aliphatic rings. The highest BCUT2D eigenvalue weighted by Gasteiger charge is 2.32. The Morgan fingerprint density at radius 2 is 1.88 bits per heavy atom. The Morgan fingerprint density at radius 1 is 1.12 bits per heavy atom. The lowest BCUT2D eigenvalue weighted by atomic mass is 9.88. The molecule has 1 unspecified atom stereocenters. The summed E-state index contributed by atoms with van der Waals surface area (Å²) in [7, 11) is 0. The van der Waals surface area contributed by atoms with Gasteiger partial charge in [0.2, 0.25) is 5.91 Å². The van der Waals surface area contributed by atoms with E-state index in [0.29, 0.717) is 23.6 Å². The van der Waals surface area contributed by atoms with E-state index in [1.54, 1.807) is 18.2 Å². The zero-order chi connectivity index (χ0) is 17.6. The van der Waals surface area contributed by atoms with E-state index in [9.17, 15) is 9.59 Å². The number of carbonyl (C=O) groups is 2. The maximum absolute atomic E-state index is 12.5. The molecule has 25 heavy (non-hydrogen) atoms. The minimum atomic E-state index is -0.140. The van der Waals surface area contributed by atoms with Crippen LogP contribution in [0.25, 0.3) is 0 Å². The van der Waals surface area contributed by atoms with Gasteiger partial charge in [0.15, 0.2) is 0 Å². The highest BCUT2D eigenvalue weighted by molar-refractivity contribution is 5.97. The van der Waals surface area contributed by atoms with Gasteiger partial charge in [0.1, 0.15) is 0 Å². The summed E-state index contributed by atoms with van der Waals surface area (Å²) in [5.41, 5.74) is 1.22. The molecule has 136 valence electrons. The van der Waals surface area contributed by atoms with Crippen molar-refractivity contribution in [2.75, 3.05) is 11.9 Å². The molecule has 1 aromatic carbocycles. The maximum Gasteiger partial charge on any atom is 0.251 e. The predicted molar refractivity (Wildman–Crippen MR) is 97.3 cm³/mol. The van der Waals surface area contributed by atoms with Gasteiger partial charge in [0.25, 0.3) is 5.91 Å². The third-order valence-corrected chi connectivity index (χ3v) is 5.32. The van der Waals surface area contributed by atoms with Crippen LogP contribution >= 0.6 is 0 Å². The van der Waals surface area contributed by atoms with Gasteiger partial charge in [-0.25, -0.2) is 0 Å². The van der Waals surface area contributed by atoms with Crippen molar-refractivity contribution in [3.05, 3.63) is 29.8 Å². The fourth-order valence-corrected chi connectivity index (χ4v) is 3.66. The van der Waals surface area contributed by atoms with Crippen molar-refractivity contribution in [1.29, 1.82) is 0 Å². The van der Waals surface area contributed by atoms with Crippen LogP contribution in [0.3, 0.4) is 0 Å². The lowest BCUT2D eigenvalue weighted by Crippen LogP contribution is -2.37. The molecule has 3 rings (SSSR count). The highest BCUT2D eigenvalue weighted by Crippen LogP contribution is 2.34. The van der Waals surface area contributed by atoms with Crippen LogP contribution < -0.4 is 10.6 Å². The van der Waals surface area contributed by atoms with E-state index in [2.05, 4.69) is 10.6 Å². The van der Waals surface area contributed by atoms with E-state index in [1.807, 2.05) is 6.07 Å². The SMILES string of the molecule is O=C(NC(CCO)C1CC1)c1cccc(NC(=O)C2CCCCC2)c1. The number of amides is 2. The molecule has 0 spiro atoms. The van der Waals surface area contributed by atoms with Gasteiger partial charge < -0.3 is 15.7 Å². The topological polar surface area (TPSA) is 78.4 Å². The van der Waals surface area contributed by atoms with Crippen LogP contribution in [0.15, 0.2) is 24.3 Å². The van der Waals surface area contributed by atoms with E-state index in [4.69, 9.17) is 5.11 Å². The second-order valence-corrected chi connectivity index (χ2v) is 7.33. The molecule has 2 amide bonds. The molecule has 0 aromatic heterocycles. The average Bonchev–Trinajstić information content (AvgIpc) is 3.47. The molecular formula is C20H28N2O3. The fourth-order valence-electron chi connectivity index (χ4n) is 3.66. The van der Waals surface area contributed by atoms with Gasteiger partial charge in [-0.2, -0.15) is 0 Å². The van der Waals surface area contributed by atoms with E-state index in [0.717, 1.165) is 38.5 Å². The Labute approximate surface area is 149 Å². The van der Waals surface area contributed by atoms with Crippen LogP contribution in [0.5, 0.6) is 0 Å². The first-order valence-electron chi connectivity index (χ1n) is 9.50. The molecule has 1 atom stereocenters. The Morgan fingerprint density at radius 3 is 2.56 bits per heavy atom. The van der Waals surface area contributed by atoms with Gasteiger partial charge in [-0.3, -0.25) is 9.59 Å². The number of hydrogen-bond donors (Lipinski definition) is 3. The van der Waals surface area contributed by atoms with Gasteiger partial charge in [-0.15, -0.1) is 0 Å². The summed E-state index contributed by atoms with van der Waals surface area (Å²) in [5, 5.41) is 15.2. The number of aliphatic hydroxyl groups is 1. The molecule has 0 heterocycles. The quantitative estimate of drug-likeness (QED) is 0.711. The van der Waals surface area contributed by atoms with Gasteiger partial charge >= 0.3 is 0 Å². The van der Waals surface area contributed by atoms with Crippen LogP contribution in [-0.2, 0) is 4.79 Å². The first-order chi connectivity index (χ1) is 12.2. The Hall–Kier alpha value is -1.88. The zero-order valence-electron chi connectivity index (χ0n) is 14.7. The molecule has 3 N–H and O–H groups in total. The van der Waals surface area contributed by atoms with Gasteiger partial charge in [-0.1, -0.05) is 25.3 Å². The van der Waals surface area contributed by atoms with Gasteiger partial charge in [0.05, 0.1) is 0 Å². The van der Waals surface area contributed by atoms with E-state index < -0.39 is 0 Å². The second kappa shape index (κ2) is 8.48. The first kappa shape index (κ1) is 17.9. The molecule has 0 saturated heterocycles. The van der Waals surface area contributed by atoms with Crippen LogP contribution in [0.4, 0.5) is 5.69 Å².